The van der Waals surface area contributed by atoms with Gasteiger partial charge in [0.15, 0.2) is 0 Å². The van der Waals surface area contributed by atoms with Gasteiger partial charge in [-0.3, -0.25) is 4.90 Å². The van der Waals surface area contributed by atoms with Gasteiger partial charge in [0.2, 0.25) is 0 Å². The van der Waals surface area contributed by atoms with Gasteiger partial charge < -0.3 is 10.5 Å². The van der Waals surface area contributed by atoms with E-state index in [2.05, 4.69) is 4.90 Å². The van der Waals surface area contributed by atoms with Crippen LogP contribution in [0.15, 0.2) is 12.1 Å². The zero-order chi connectivity index (χ0) is 13.0. The van der Waals surface area contributed by atoms with Crippen LogP contribution in [0.3, 0.4) is 0 Å². The largest absolute Gasteiger partial charge is 0.490 e. The van der Waals surface area contributed by atoms with Crippen LogP contribution < -0.4 is 10.5 Å². The van der Waals surface area contributed by atoms with Crippen molar-refractivity contribution in [2.24, 2.45) is 0 Å². The number of ether oxygens (including phenoxy) is 1. The number of nitrogens with two attached hydrogens (primary N) is 1. The molecule has 3 nitrogen and oxygen atoms in total. The van der Waals surface area contributed by atoms with Gasteiger partial charge in [-0.15, -0.1) is 0 Å². The van der Waals surface area contributed by atoms with Gasteiger partial charge in [-0.1, -0.05) is 29.6 Å². The molecule has 1 aliphatic rings. The van der Waals surface area contributed by atoms with Gasteiger partial charge in [-0.25, -0.2) is 0 Å². The first-order valence-electron chi connectivity index (χ1n) is 6.26. The first kappa shape index (κ1) is 13.8. The van der Waals surface area contributed by atoms with E-state index in [1.54, 1.807) is 12.1 Å². The highest BCUT2D eigenvalue weighted by Crippen LogP contribution is 2.32. The third-order valence-electron chi connectivity index (χ3n) is 3.17. The molecule has 0 aliphatic carbocycles. The van der Waals surface area contributed by atoms with Crippen molar-refractivity contribution < 1.29 is 4.74 Å². The first-order valence-corrected chi connectivity index (χ1v) is 7.02. The minimum Gasteiger partial charge on any atom is -0.490 e. The van der Waals surface area contributed by atoms with Crippen LogP contribution >= 0.6 is 23.2 Å². The average Bonchev–Trinajstić information content (AvgIpc) is 2.37. The van der Waals surface area contributed by atoms with Crippen molar-refractivity contribution in [2.75, 3.05) is 32.0 Å². The van der Waals surface area contributed by atoms with Gasteiger partial charge in [0.25, 0.3) is 0 Å². The van der Waals surface area contributed by atoms with Crippen molar-refractivity contribution in [1.29, 1.82) is 0 Å². The van der Waals surface area contributed by atoms with Crippen LogP contribution in [-0.2, 0) is 0 Å². The standard InChI is InChI=1S/C13H18Cl2N2O/c14-10-8-12(16)13(9-11(10)15)18-7-6-17-4-2-1-3-5-17/h8-9H,1-7,16H2. The molecule has 1 fully saturated rings. The summed E-state index contributed by atoms with van der Waals surface area (Å²) in [7, 11) is 0. The molecular formula is C13H18Cl2N2O. The van der Waals surface area contributed by atoms with E-state index < -0.39 is 0 Å². The van der Waals surface area contributed by atoms with Crippen LogP contribution in [0.5, 0.6) is 5.75 Å². The maximum absolute atomic E-state index is 5.94. The lowest BCUT2D eigenvalue weighted by atomic mass is 10.1. The number of benzene rings is 1. The molecule has 0 radical (unpaired) electrons. The minimum atomic E-state index is 0.456. The van der Waals surface area contributed by atoms with Crippen molar-refractivity contribution in [3.05, 3.63) is 22.2 Å². The summed E-state index contributed by atoms with van der Waals surface area (Å²) in [6, 6.07) is 3.30. The SMILES string of the molecule is Nc1cc(Cl)c(Cl)cc1OCCN1CCCCC1. The molecule has 0 spiro atoms. The summed E-state index contributed by atoms with van der Waals surface area (Å²) in [6.07, 6.45) is 3.92. The lowest BCUT2D eigenvalue weighted by molar-refractivity contribution is 0.184. The molecule has 18 heavy (non-hydrogen) atoms. The number of hydrogen-bond acceptors (Lipinski definition) is 3. The Bertz CT molecular complexity index is 406. The highest BCUT2D eigenvalue weighted by atomic mass is 35.5. The van der Waals surface area contributed by atoms with E-state index in [9.17, 15) is 0 Å². The van der Waals surface area contributed by atoms with Crippen molar-refractivity contribution >= 4 is 28.9 Å². The molecule has 1 aromatic rings. The Morgan fingerprint density at radius 1 is 1.11 bits per heavy atom. The first-order chi connectivity index (χ1) is 8.66. The summed E-state index contributed by atoms with van der Waals surface area (Å²) in [5, 5.41) is 0.927. The van der Waals surface area contributed by atoms with E-state index in [0.29, 0.717) is 28.1 Å². The summed E-state index contributed by atoms with van der Waals surface area (Å²) in [5.74, 6) is 0.612. The van der Waals surface area contributed by atoms with Gasteiger partial charge in [-0.05, 0) is 32.0 Å². The predicted octanol–water partition coefficient (Wildman–Crippen LogP) is 3.44. The Labute approximate surface area is 118 Å². The average molecular weight is 289 g/mol. The van der Waals surface area contributed by atoms with Crippen molar-refractivity contribution in [3.63, 3.8) is 0 Å². The Morgan fingerprint density at radius 3 is 2.50 bits per heavy atom. The molecule has 0 saturated carbocycles. The molecule has 0 unspecified atom stereocenters. The zero-order valence-corrected chi connectivity index (χ0v) is 11.8. The van der Waals surface area contributed by atoms with Crippen LogP contribution in [0, 0.1) is 0 Å². The summed E-state index contributed by atoms with van der Waals surface area (Å²) in [4.78, 5) is 2.41. The number of likely N-dealkylation sites (tertiary alicyclic amines) is 1. The highest BCUT2D eigenvalue weighted by molar-refractivity contribution is 6.42. The second kappa shape index (κ2) is 6.50. The maximum Gasteiger partial charge on any atom is 0.143 e. The Kier molecular flexibility index (Phi) is 4.98. The van der Waals surface area contributed by atoms with Gasteiger partial charge in [0, 0.05) is 12.6 Å². The van der Waals surface area contributed by atoms with E-state index >= 15 is 0 Å². The summed E-state index contributed by atoms with van der Waals surface area (Å²) in [6.45, 7) is 3.89. The smallest absolute Gasteiger partial charge is 0.143 e. The Morgan fingerprint density at radius 2 is 1.78 bits per heavy atom. The predicted molar refractivity (Wildman–Crippen MR) is 76.7 cm³/mol. The molecule has 1 aromatic carbocycles. The van der Waals surface area contributed by atoms with E-state index in [1.165, 1.54) is 32.4 Å². The third kappa shape index (κ3) is 3.67. The summed E-state index contributed by atoms with van der Waals surface area (Å²) < 4.78 is 5.67. The highest BCUT2D eigenvalue weighted by Gasteiger charge is 2.10. The molecular weight excluding hydrogens is 271 g/mol. The topological polar surface area (TPSA) is 38.5 Å². The molecule has 0 atom stereocenters. The summed E-state index contributed by atoms with van der Waals surface area (Å²) in [5.41, 5.74) is 6.36. The Hall–Kier alpha value is -0.640. The van der Waals surface area contributed by atoms with Crippen LogP contribution in [-0.4, -0.2) is 31.1 Å². The van der Waals surface area contributed by atoms with E-state index in [-0.39, 0.29) is 0 Å². The van der Waals surface area contributed by atoms with Crippen LogP contribution in [0.1, 0.15) is 19.3 Å². The van der Waals surface area contributed by atoms with E-state index in [1.807, 2.05) is 0 Å². The molecule has 1 aliphatic heterocycles. The number of piperidine rings is 1. The Balaban J connectivity index is 1.84. The fraction of sp³-hybridized carbons (Fsp3) is 0.538. The van der Waals surface area contributed by atoms with Gasteiger partial charge >= 0.3 is 0 Å². The second-order valence-electron chi connectivity index (χ2n) is 4.55. The fourth-order valence-electron chi connectivity index (χ4n) is 2.14. The van der Waals surface area contributed by atoms with Gasteiger partial charge in [-0.2, -0.15) is 0 Å². The number of hydrogen-bond donors (Lipinski definition) is 1. The van der Waals surface area contributed by atoms with Crippen molar-refractivity contribution in [2.45, 2.75) is 19.3 Å². The molecule has 1 saturated heterocycles. The number of nitrogens with zero attached hydrogens (tertiary/aromatic N) is 1. The monoisotopic (exact) mass is 288 g/mol. The fourth-order valence-corrected chi connectivity index (χ4v) is 2.46. The second-order valence-corrected chi connectivity index (χ2v) is 5.37. The number of rotatable bonds is 4. The van der Waals surface area contributed by atoms with Gasteiger partial charge in [0.05, 0.1) is 15.7 Å². The molecule has 2 rings (SSSR count). The van der Waals surface area contributed by atoms with Crippen molar-refractivity contribution in [1.82, 2.24) is 4.90 Å². The number of nitrogen functional groups attached to an aromatic ring is 1. The number of halogens is 2. The lowest BCUT2D eigenvalue weighted by Crippen LogP contribution is -2.33. The molecule has 0 bridgehead atoms. The molecule has 0 amide bonds. The van der Waals surface area contributed by atoms with Crippen molar-refractivity contribution in [3.8, 4) is 5.75 Å². The summed E-state index contributed by atoms with van der Waals surface area (Å²) >= 11 is 11.8. The van der Waals surface area contributed by atoms with Crippen LogP contribution in [0.25, 0.3) is 0 Å². The maximum atomic E-state index is 5.94. The lowest BCUT2D eigenvalue weighted by Gasteiger charge is -2.26. The molecule has 100 valence electrons. The minimum absolute atomic E-state index is 0.456. The molecule has 5 heteroatoms. The van der Waals surface area contributed by atoms with Crippen LogP contribution in [0.2, 0.25) is 10.0 Å². The quantitative estimate of drug-likeness (QED) is 0.863. The third-order valence-corrected chi connectivity index (χ3v) is 3.89. The van der Waals surface area contributed by atoms with Crippen LogP contribution in [0.4, 0.5) is 5.69 Å². The van der Waals surface area contributed by atoms with E-state index in [0.717, 1.165) is 6.54 Å². The molecule has 0 aromatic heterocycles. The normalized spacial score (nSPS) is 16.8. The molecule has 1 heterocycles. The molecule has 2 N–H and O–H groups in total. The van der Waals surface area contributed by atoms with Gasteiger partial charge in [0.1, 0.15) is 12.4 Å². The van der Waals surface area contributed by atoms with E-state index in [4.69, 9.17) is 33.7 Å². The number of anilines is 1. The zero-order valence-electron chi connectivity index (χ0n) is 10.3.